The predicted molar refractivity (Wildman–Crippen MR) is 101 cm³/mol. The van der Waals surface area contributed by atoms with Gasteiger partial charge in [0.25, 0.3) is 0 Å². The van der Waals surface area contributed by atoms with Crippen LogP contribution < -0.4 is 4.74 Å². The van der Waals surface area contributed by atoms with Gasteiger partial charge in [0, 0.05) is 18.8 Å². The van der Waals surface area contributed by atoms with E-state index in [-0.39, 0.29) is 19.8 Å². The topological polar surface area (TPSA) is 65.0 Å². The minimum absolute atomic E-state index is 0.0200. The largest absolute Gasteiger partial charge is 0.489 e. The van der Waals surface area contributed by atoms with E-state index in [1.807, 2.05) is 0 Å². The van der Waals surface area contributed by atoms with Crippen molar-refractivity contribution in [3.05, 3.63) is 28.2 Å². The Morgan fingerprint density at radius 1 is 1.08 bits per heavy atom. The molecule has 1 N–H and O–H groups in total. The molecule has 5 nitrogen and oxygen atoms in total. The molecule has 0 amide bonds. The highest BCUT2D eigenvalue weighted by Gasteiger charge is 2.29. The molecule has 0 aliphatic rings. The fourth-order valence-electron chi connectivity index (χ4n) is 2.08. The van der Waals surface area contributed by atoms with E-state index in [0.29, 0.717) is 29.0 Å². The molecule has 6 heteroatoms. The molecule has 0 radical (unpaired) electrons. The van der Waals surface area contributed by atoms with Gasteiger partial charge >= 0.3 is 0 Å². The number of halogens is 1. The van der Waals surface area contributed by atoms with Gasteiger partial charge in [-0.25, -0.2) is 0 Å². The maximum absolute atomic E-state index is 11.0. The molecule has 1 rings (SSSR count). The summed E-state index contributed by atoms with van der Waals surface area (Å²) in [5, 5.41) is 10.8. The van der Waals surface area contributed by atoms with E-state index in [9.17, 15) is 9.90 Å². The van der Waals surface area contributed by atoms with Gasteiger partial charge < -0.3 is 19.3 Å². The maximum Gasteiger partial charge on any atom is 0.151 e. The number of aliphatic hydroxyl groups is 1. The number of carbonyl (C=O) groups excluding carboxylic acids is 1. The van der Waals surface area contributed by atoms with Gasteiger partial charge in [-0.3, -0.25) is 4.79 Å². The quantitative estimate of drug-likeness (QED) is 0.366. The van der Waals surface area contributed by atoms with Crippen LogP contribution in [0.25, 0.3) is 0 Å². The molecule has 1 aromatic rings. The molecular formula is C19H29BrO5. The van der Waals surface area contributed by atoms with Crippen LogP contribution >= 0.6 is 15.9 Å². The summed E-state index contributed by atoms with van der Waals surface area (Å²) < 4.78 is 17.5. The summed E-state index contributed by atoms with van der Waals surface area (Å²) >= 11 is 3.36. The van der Waals surface area contributed by atoms with Crippen molar-refractivity contribution in [2.75, 3.05) is 33.0 Å². The first-order valence-corrected chi connectivity index (χ1v) is 9.60. The third kappa shape index (κ3) is 8.31. The third-order valence-electron chi connectivity index (χ3n) is 3.64. The molecule has 0 unspecified atom stereocenters. The monoisotopic (exact) mass is 416 g/mol. The molecule has 142 valence electrons. The van der Waals surface area contributed by atoms with Crippen LogP contribution in [0.4, 0.5) is 0 Å². The molecule has 0 aliphatic carbocycles. The number of unbranched alkanes of at least 4 members (excludes halogenated alkanes) is 2. The molecule has 1 aromatic carbocycles. The van der Waals surface area contributed by atoms with E-state index in [0.717, 1.165) is 32.0 Å². The first kappa shape index (κ1) is 22.1. The summed E-state index contributed by atoms with van der Waals surface area (Å²) in [6, 6.07) is 5.17. The average molecular weight is 417 g/mol. The summed E-state index contributed by atoms with van der Waals surface area (Å²) in [5.41, 5.74) is -0.739. The molecule has 0 saturated heterocycles. The fraction of sp³-hybridized carbons (Fsp3) is 0.632. The Kier molecular flexibility index (Phi) is 11.0. The number of hydrogen-bond donors (Lipinski definition) is 1. The second-order valence-electron chi connectivity index (χ2n) is 6.10. The van der Waals surface area contributed by atoms with Crippen molar-refractivity contribution in [3.8, 4) is 5.75 Å². The molecule has 0 bridgehead atoms. The number of benzene rings is 1. The van der Waals surface area contributed by atoms with Crippen LogP contribution in [0.1, 0.15) is 49.9 Å². The van der Waals surface area contributed by atoms with Crippen molar-refractivity contribution >= 4 is 22.2 Å². The van der Waals surface area contributed by atoms with Crippen LogP contribution in [0.2, 0.25) is 0 Å². The smallest absolute Gasteiger partial charge is 0.151 e. The zero-order valence-electron chi connectivity index (χ0n) is 15.1. The summed E-state index contributed by atoms with van der Waals surface area (Å²) in [4.78, 5) is 11.0. The van der Waals surface area contributed by atoms with Gasteiger partial charge in [0.2, 0.25) is 0 Å². The molecule has 0 saturated carbocycles. The molecule has 25 heavy (non-hydrogen) atoms. The highest BCUT2D eigenvalue weighted by atomic mass is 79.9. The Balaban J connectivity index is 2.66. The van der Waals surface area contributed by atoms with E-state index in [4.69, 9.17) is 14.2 Å². The molecule has 0 atom stereocenters. The molecule has 0 spiro atoms. The van der Waals surface area contributed by atoms with E-state index in [2.05, 4.69) is 29.8 Å². The number of carbonyl (C=O) groups is 1. The summed E-state index contributed by atoms with van der Waals surface area (Å²) in [6.45, 7) is 5.67. The van der Waals surface area contributed by atoms with Gasteiger partial charge in [-0.2, -0.15) is 0 Å². The van der Waals surface area contributed by atoms with Gasteiger partial charge in [-0.15, -0.1) is 0 Å². The zero-order chi connectivity index (χ0) is 18.5. The molecule has 0 aromatic heterocycles. The minimum atomic E-state index is -1.24. The normalized spacial score (nSPS) is 11.5. The number of rotatable bonds is 14. The number of aldehydes is 1. The van der Waals surface area contributed by atoms with Crippen LogP contribution in [-0.4, -0.2) is 50.0 Å². The van der Waals surface area contributed by atoms with Gasteiger partial charge in [-0.1, -0.05) is 38.8 Å². The van der Waals surface area contributed by atoms with E-state index in [1.165, 1.54) is 0 Å². The summed E-state index contributed by atoms with van der Waals surface area (Å²) in [7, 11) is 0. The summed E-state index contributed by atoms with van der Waals surface area (Å²) in [5.74, 6) is 0.505. The number of ether oxygens (including phenoxy) is 3. The second kappa shape index (κ2) is 12.4. The lowest BCUT2D eigenvalue weighted by Gasteiger charge is -2.28. The van der Waals surface area contributed by atoms with E-state index in [1.54, 1.807) is 18.2 Å². The van der Waals surface area contributed by atoms with Crippen molar-refractivity contribution in [2.45, 2.75) is 45.1 Å². The fourth-order valence-corrected chi connectivity index (χ4v) is 2.56. The van der Waals surface area contributed by atoms with Crippen molar-refractivity contribution in [1.29, 1.82) is 0 Å². The standard InChI is InChI=1S/C19H29BrO5/c1-3-5-10-23-13-19(22,14-24-11-6-4-2)15-25-17-9-7-8-16(12-21)18(17)20/h7-9,12,22H,3-6,10-11,13-15H2,1-2H3. The average Bonchev–Trinajstić information content (AvgIpc) is 2.62. The lowest BCUT2D eigenvalue weighted by molar-refractivity contribution is -0.115. The number of hydrogen-bond acceptors (Lipinski definition) is 5. The lowest BCUT2D eigenvalue weighted by atomic mass is 10.1. The van der Waals surface area contributed by atoms with Gasteiger partial charge in [0.1, 0.15) is 18.0 Å². The van der Waals surface area contributed by atoms with Crippen molar-refractivity contribution in [2.24, 2.45) is 0 Å². The lowest BCUT2D eigenvalue weighted by Crippen LogP contribution is -2.45. The van der Waals surface area contributed by atoms with Crippen LogP contribution in [0, 0.1) is 0 Å². The first-order chi connectivity index (χ1) is 12.1. The van der Waals surface area contributed by atoms with Crippen LogP contribution in [0.5, 0.6) is 5.75 Å². The van der Waals surface area contributed by atoms with Crippen molar-refractivity contribution in [1.82, 2.24) is 0 Å². The highest BCUT2D eigenvalue weighted by molar-refractivity contribution is 9.10. The van der Waals surface area contributed by atoms with Crippen molar-refractivity contribution in [3.63, 3.8) is 0 Å². The van der Waals surface area contributed by atoms with E-state index < -0.39 is 5.60 Å². The Morgan fingerprint density at radius 2 is 1.68 bits per heavy atom. The van der Waals surface area contributed by atoms with Crippen LogP contribution in [0.15, 0.2) is 22.7 Å². The SMILES string of the molecule is CCCCOCC(O)(COCCCC)COc1cccc(C=O)c1Br. The maximum atomic E-state index is 11.0. The predicted octanol–water partition coefficient (Wildman–Crippen LogP) is 4.00. The van der Waals surface area contributed by atoms with E-state index >= 15 is 0 Å². The highest BCUT2D eigenvalue weighted by Crippen LogP contribution is 2.28. The Morgan fingerprint density at radius 3 is 2.20 bits per heavy atom. The molecule has 0 heterocycles. The molecule has 0 fully saturated rings. The Bertz CT molecular complexity index is 495. The first-order valence-electron chi connectivity index (χ1n) is 8.80. The van der Waals surface area contributed by atoms with Gasteiger partial charge in [0.15, 0.2) is 6.29 Å². The van der Waals surface area contributed by atoms with Crippen LogP contribution in [-0.2, 0) is 9.47 Å². The van der Waals surface area contributed by atoms with Gasteiger partial charge in [-0.05, 0) is 34.8 Å². The van der Waals surface area contributed by atoms with Gasteiger partial charge in [0.05, 0.1) is 17.7 Å². The molecular weight excluding hydrogens is 388 g/mol. The second-order valence-corrected chi connectivity index (χ2v) is 6.90. The minimum Gasteiger partial charge on any atom is -0.489 e. The van der Waals surface area contributed by atoms with Crippen LogP contribution in [0.3, 0.4) is 0 Å². The zero-order valence-corrected chi connectivity index (χ0v) is 16.7. The Labute approximate surface area is 158 Å². The summed E-state index contributed by atoms with van der Waals surface area (Å²) in [6.07, 6.45) is 4.71. The third-order valence-corrected chi connectivity index (χ3v) is 4.49. The van der Waals surface area contributed by atoms with Crippen molar-refractivity contribution < 1.29 is 24.1 Å². The molecule has 0 aliphatic heterocycles. The Hall–Kier alpha value is -0.950.